The van der Waals surface area contributed by atoms with E-state index in [4.69, 9.17) is 0 Å². The Morgan fingerprint density at radius 2 is 1.81 bits per heavy atom. The highest BCUT2D eigenvalue weighted by Crippen LogP contribution is 2.26. The van der Waals surface area contributed by atoms with Gasteiger partial charge in [-0.15, -0.1) is 0 Å². The van der Waals surface area contributed by atoms with Gasteiger partial charge in [-0.3, -0.25) is 14.9 Å². The maximum atomic E-state index is 12.9. The van der Waals surface area contributed by atoms with E-state index < -0.39 is 14.9 Å². The van der Waals surface area contributed by atoms with Gasteiger partial charge in [0.05, 0.1) is 20.0 Å². The lowest BCUT2D eigenvalue weighted by Gasteiger charge is -2.29. The molecule has 1 aliphatic heterocycles. The van der Waals surface area contributed by atoms with Gasteiger partial charge < -0.3 is 4.57 Å². The van der Waals surface area contributed by atoms with Crippen LogP contribution in [0.5, 0.6) is 0 Å². The minimum absolute atomic E-state index is 0.0223. The van der Waals surface area contributed by atoms with Gasteiger partial charge in [0.2, 0.25) is 10.0 Å². The number of aromatic nitrogens is 1. The molecular formula is C21H22N4O5S2. The first-order chi connectivity index (χ1) is 15.2. The van der Waals surface area contributed by atoms with Crippen LogP contribution < -0.4 is 4.80 Å². The molecule has 168 valence electrons. The third-order valence-electron chi connectivity index (χ3n) is 5.67. The van der Waals surface area contributed by atoms with Crippen LogP contribution in [0.1, 0.15) is 18.4 Å². The number of thiazole rings is 1. The van der Waals surface area contributed by atoms with Crippen molar-refractivity contribution in [3.63, 3.8) is 0 Å². The predicted octanol–water partition coefficient (Wildman–Crippen LogP) is 2.98. The third kappa shape index (κ3) is 4.23. The van der Waals surface area contributed by atoms with Crippen molar-refractivity contribution in [3.05, 3.63) is 62.9 Å². The number of fused-ring (bicyclic) bond motifs is 1. The Morgan fingerprint density at radius 1 is 1.16 bits per heavy atom. The molecule has 0 atom stereocenters. The summed E-state index contributed by atoms with van der Waals surface area (Å²) in [6, 6.07) is 11.3. The van der Waals surface area contributed by atoms with E-state index >= 15 is 0 Å². The molecule has 1 amide bonds. The molecule has 4 rings (SSSR count). The number of amides is 1. The number of sulfonamides is 1. The Kier molecular flexibility index (Phi) is 5.97. The number of nitro groups is 1. The Morgan fingerprint density at radius 3 is 2.44 bits per heavy atom. The molecule has 0 bridgehead atoms. The number of hydrogen-bond donors (Lipinski definition) is 0. The van der Waals surface area contributed by atoms with E-state index in [1.165, 1.54) is 27.8 Å². The lowest BCUT2D eigenvalue weighted by molar-refractivity contribution is -0.384. The Hall–Kier alpha value is -2.89. The van der Waals surface area contributed by atoms with E-state index in [0.29, 0.717) is 23.2 Å². The third-order valence-corrected chi connectivity index (χ3v) is 8.70. The molecule has 11 heteroatoms. The Balaban J connectivity index is 1.50. The fourth-order valence-electron chi connectivity index (χ4n) is 3.72. The van der Waals surface area contributed by atoms with E-state index in [0.717, 1.165) is 10.3 Å². The van der Waals surface area contributed by atoms with E-state index in [1.54, 1.807) is 41.9 Å². The van der Waals surface area contributed by atoms with E-state index in [2.05, 4.69) is 4.99 Å². The smallest absolute Gasteiger partial charge is 0.271 e. The normalized spacial score (nSPS) is 16.5. The van der Waals surface area contributed by atoms with Gasteiger partial charge in [0, 0.05) is 38.2 Å². The van der Waals surface area contributed by atoms with E-state index in [-0.39, 0.29) is 35.5 Å². The fraction of sp³-hybridized carbons (Fsp3) is 0.333. The number of hydrogen-bond acceptors (Lipinski definition) is 6. The minimum Gasteiger partial charge on any atom is -0.319 e. The van der Waals surface area contributed by atoms with Crippen LogP contribution >= 0.6 is 11.3 Å². The topological polar surface area (TPSA) is 115 Å². The average Bonchev–Trinajstić information content (AvgIpc) is 3.08. The van der Waals surface area contributed by atoms with Gasteiger partial charge in [-0.25, -0.2) is 8.42 Å². The summed E-state index contributed by atoms with van der Waals surface area (Å²) in [6.07, 6.45) is 0.793. The molecule has 1 saturated heterocycles. The van der Waals surface area contributed by atoms with Crippen molar-refractivity contribution in [2.75, 3.05) is 13.1 Å². The highest BCUT2D eigenvalue weighted by Gasteiger charge is 2.32. The fourth-order valence-corrected chi connectivity index (χ4v) is 6.20. The van der Waals surface area contributed by atoms with Crippen LogP contribution in [0.25, 0.3) is 10.2 Å². The maximum absolute atomic E-state index is 12.9. The lowest BCUT2D eigenvalue weighted by Crippen LogP contribution is -2.40. The number of piperidine rings is 1. The van der Waals surface area contributed by atoms with Crippen LogP contribution in [0.3, 0.4) is 0 Å². The quantitative estimate of drug-likeness (QED) is 0.426. The van der Waals surface area contributed by atoms with Crippen molar-refractivity contribution in [2.24, 2.45) is 18.0 Å². The van der Waals surface area contributed by atoms with E-state index in [9.17, 15) is 23.3 Å². The number of carbonyl (C=O) groups is 1. The number of aryl methyl sites for hydroxylation is 2. The summed E-state index contributed by atoms with van der Waals surface area (Å²) in [4.78, 5) is 28.3. The number of carbonyl (C=O) groups excluding carboxylic acids is 1. The number of non-ortho nitro benzene ring substituents is 1. The Bertz CT molecular complexity index is 1370. The van der Waals surface area contributed by atoms with Crippen LogP contribution in [0.2, 0.25) is 0 Å². The van der Waals surface area contributed by atoms with Crippen molar-refractivity contribution in [1.82, 2.24) is 8.87 Å². The number of nitrogens with zero attached hydrogens (tertiary/aromatic N) is 4. The first kappa shape index (κ1) is 22.3. The summed E-state index contributed by atoms with van der Waals surface area (Å²) >= 11 is 1.29. The zero-order valence-corrected chi connectivity index (χ0v) is 19.2. The predicted molar refractivity (Wildman–Crippen MR) is 121 cm³/mol. The van der Waals surface area contributed by atoms with Gasteiger partial charge in [0.25, 0.3) is 11.6 Å². The molecule has 9 nitrogen and oxygen atoms in total. The van der Waals surface area contributed by atoms with Crippen molar-refractivity contribution in [1.29, 1.82) is 0 Å². The van der Waals surface area contributed by atoms with Crippen LogP contribution in [-0.4, -0.2) is 41.2 Å². The monoisotopic (exact) mass is 474 g/mol. The molecule has 2 heterocycles. The number of nitro benzene ring substituents is 1. The average molecular weight is 475 g/mol. The van der Waals surface area contributed by atoms with Crippen LogP contribution in [0, 0.1) is 23.0 Å². The highest BCUT2D eigenvalue weighted by molar-refractivity contribution is 7.89. The highest BCUT2D eigenvalue weighted by atomic mass is 32.2. The Labute approximate surface area is 188 Å². The number of rotatable bonds is 4. The van der Waals surface area contributed by atoms with Gasteiger partial charge in [-0.05, 0) is 38.0 Å². The zero-order valence-electron chi connectivity index (χ0n) is 17.6. The minimum atomic E-state index is -3.59. The summed E-state index contributed by atoms with van der Waals surface area (Å²) in [6.45, 7) is 2.41. The van der Waals surface area contributed by atoms with Crippen molar-refractivity contribution in [3.8, 4) is 0 Å². The lowest BCUT2D eigenvalue weighted by atomic mass is 9.98. The molecular weight excluding hydrogens is 452 g/mol. The SMILES string of the molecule is Cc1ccc(S(=O)(=O)N2CCC(C(=O)N=c3sc4ccc([N+](=O)[O-])cc4n3C)CC2)cc1. The maximum Gasteiger partial charge on any atom is 0.271 e. The molecule has 2 aromatic carbocycles. The molecule has 32 heavy (non-hydrogen) atoms. The summed E-state index contributed by atoms with van der Waals surface area (Å²) in [5, 5.41) is 11.0. The van der Waals surface area contributed by atoms with Crippen molar-refractivity contribution >= 4 is 43.2 Å². The van der Waals surface area contributed by atoms with Gasteiger partial charge in [0.1, 0.15) is 0 Å². The first-order valence-corrected chi connectivity index (χ1v) is 12.3. The van der Waals surface area contributed by atoms with Crippen LogP contribution in [-0.2, 0) is 21.9 Å². The first-order valence-electron chi connectivity index (χ1n) is 10.1. The second-order valence-corrected chi connectivity index (χ2v) is 10.7. The van der Waals surface area contributed by atoms with Crippen LogP contribution in [0.4, 0.5) is 5.69 Å². The van der Waals surface area contributed by atoms with Crippen LogP contribution in [0.15, 0.2) is 52.4 Å². The second-order valence-electron chi connectivity index (χ2n) is 7.79. The molecule has 1 aromatic heterocycles. The molecule has 1 fully saturated rings. The summed E-state index contributed by atoms with van der Waals surface area (Å²) in [7, 11) is -1.87. The van der Waals surface area contributed by atoms with Gasteiger partial charge in [-0.2, -0.15) is 9.30 Å². The zero-order chi connectivity index (χ0) is 23.0. The second kappa shape index (κ2) is 8.57. The molecule has 0 saturated carbocycles. The van der Waals surface area contributed by atoms with E-state index in [1.807, 2.05) is 6.92 Å². The molecule has 3 aromatic rings. The standard InChI is InChI=1S/C21H22N4O5S2/c1-14-3-6-17(7-4-14)32(29,30)24-11-9-15(10-12-24)20(26)22-21-23(2)18-13-16(25(27)28)5-8-19(18)31-21/h3-8,13,15H,9-12H2,1-2H3. The summed E-state index contributed by atoms with van der Waals surface area (Å²) in [5.74, 6) is -0.659. The van der Waals surface area contributed by atoms with Gasteiger partial charge in [-0.1, -0.05) is 29.0 Å². The summed E-state index contributed by atoms with van der Waals surface area (Å²) < 4.78 is 29.6. The van der Waals surface area contributed by atoms with Gasteiger partial charge >= 0.3 is 0 Å². The van der Waals surface area contributed by atoms with Gasteiger partial charge in [0.15, 0.2) is 4.80 Å². The molecule has 0 radical (unpaired) electrons. The number of benzene rings is 2. The van der Waals surface area contributed by atoms with Crippen molar-refractivity contribution < 1.29 is 18.1 Å². The van der Waals surface area contributed by atoms with Crippen molar-refractivity contribution in [2.45, 2.75) is 24.7 Å². The molecule has 0 spiro atoms. The summed E-state index contributed by atoms with van der Waals surface area (Å²) in [5.41, 5.74) is 1.60. The molecule has 0 unspecified atom stereocenters. The molecule has 0 N–H and O–H groups in total. The molecule has 0 aliphatic carbocycles. The largest absolute Gasteiger partial charge is 0.319 e. The molecule has 1 aliphatic rings.